The minimum Gasteiger partial charge on any atom is -0.479 e. The van der Waals surface area contributed by atoms with Crippen molar-refractivity contribution in [2.45, 2.75) is 0 Å². The highest BCUT2D eigenvalue weighted by Gasteiger charge is 2.06. The van der Waals surface area contributed by atoms with Crippen LogP contribution in [0.4, 0.5) is 11.6 Å². The molecule has 6 heteroatoms. The van der Waals surface area contributed by atoms with Crippen molar-refractivity contribution < 1.29 is 4.74 Å². The van der Waals surface area contributed by atoms with Crippen LogP contribution < -0.4 is 21.3 Å². The first-order valence-corrected chi connectivity index (χ1v) is 3.30. The maximum absolute atomic E-state index is 11.0. The topological polar surface area (TPSA) is 93.0 Å². The number of anilines is 2. The van der Waals surface area contributed by atoms with E-state index < -0.39 is 5.56 Å². The van der Waals surface area contributed by atoms with Gasteiger partial charge in [-0.2, -0.15) is 4.98 Å². The minimum absolute atomic E-state index is 0.0171. The Labute approximate surface area is 68.8 Å². The molecule has 0 spiro atoms. The average molecular weight is 170 g/mol. The molecule has 66 valence electrons. The fraction of sp³-hybridized carbons (Fsp3) is 0.333. The summed E-state index contributed by atoms with van der Waals surface area (Å²) in [5, 5.41) is 2.67. The molecule has 0 fully saturated rings. The van der Waals surface area contributed by atoms with Crippen LogP contribution in [0.5, 0.6) is 5.88 Å². The van der Waals surface area contributed by atoms with Crippen LogP contribution >= 0.6 is 0 Å². The fourth-order valence-corrected chi connectivity index (χ4v) is 0.736. The maximum atomic E-state index is 11.0. The molecule has 0 radical (unpaired) electrons. The molecule has 0 amide bonds. The highest BCUT2D eigenvalue weighted by atomic mass is 16.5. The number of aromatic amines is 1. The first-order chi connectivity index (χ1) is 5.69. The van der Waals surface area contributed by atoms with E-state index in [9.17, 15) is 4.79 Å². The van der Waals surface area contributed by atoms with Crippen LogP contribution in [-0.4, -0.2) is 24.1 Å². The van der Waals surface area contributed by atoms with Crippen molar-refractivity contribution in [3.8, 4) is 5.88 Å². The Kier molecular flexibility index (Phi) is 2.18. The second-order valence-electron chi connectivity index (χ2n) is 2.09. The second-order valence-corrected chi connectivity index (χ2v) is 2.09. The first kappa shape index (κ1) is 8.38. The lowest BCUT2D eigenvalue weighted by atomic mass is 10.5. The van der Waals surface area contributed by atoms with Gasteiger partial charge in [-0.3, -0.25) is 9.78 Å². The molecular formula is C6H10N4O2. The molecule has 0 saturated heterocycles. The quantitative estimate of drug-likeness (QED) is 0.551. The number of ether oxygens (including phenoxy) is 1. The summed E-state index contributed by atoms with van der Waals surface area (Å²) in [4.78, 5) is 17.3. The van der Waals surface area contributed by atoms with Crippen LogP contribution in [0.3, 0.4) is 0 Å². The number of hydrogen-bond acceptors (Lipinski definition) is 5. The molecule has 0 unspecified atom stereocenters. The van der Waals surface area contributed by atoms with E-state index in [1.54, 1.807) is 7.05 Å². The number of nitrogens with two attached hydrogens (primary N) is 1. The van der Waals surface area contributed by atoms with E-state index in [0.29, 0.717) is 5.95 Å². The molecule has 0 aliphatic carbocycles. The molecule has 0 bridgehead atoms. The Morgan fingerprint density at radius 3 is 2.83 bits per heavy atom. The zero-order chi connectivity index (χ0) is 9.14. The number of aromatic nitrogens is 2. The normalized spacial score (nSPS) is 9.50. The monoisotopic (exact) mass is 170 g/mol. The summed E-state index contributed by atoms with van der Waals surface area (Å²) in [5.74, 6) is 0.453. The van der Waals surface area contributed by atoms with E-state index in [2.05, 4.69) is 15.3 Å². The van der Waals surface area contributed by atoms with Crippen LogP contribution in [0.15, 0.2) is 4.79 Å². The van der Waals surface area contributed by atoms with E-state index in [0.717, 1.165) is 0 Å². The molecule has 0 saturated carbocycles. The number of nitrogens with one attached hydrogen (secondary N) is 2. The van der Waals surface area contributed by atoms with Gasteiger partial charge in [0.15, 0.2) is 5.69 Å². The van der Waals surface area contributed by atoms with E-state index in [-0.39, 0.29) is 11.6 Å². The van der Waals surface area contributed by atoms with Crippen LogP contribution in [0.1, 0.15) is 0 Å². The third-order valence-corrected chi connectivity index (χ3v) is 1.35. The fourth-order valence-electron chi connectivity index (χ4n) is 0.736. The molecule has 6 nitrogen and oxygen atoms in total. The Balaban J connectivity index is 3.29. The lowest BCUT2D eigenvalue weighted by Gasteiger charge is -2.04. The minimum atomic E-state index is -0.411. The van der Waals surface area contributed by atoms with Gasteiger partial charge < -0.3 is 15.8 Å². The van der Waals surface area contributed by atoms with Crippen molar-refractivity contribution in [2.75, 3.05) is 25.2 Å². The van der Waals surface area contributed by atoms with Gasteiger partial charge in [0.25, 0.3) is 5.56 Å². The standard InChI is InChI=1S/C6H10N4O2/c1-8-6-9-4(11)3(7)5(10-6)12-2/h7H2,1-2H3,(H2,8,9,10,11). The van der Waals surface area contributed by atoms with Crippen LogP contribution in [0.25, 0.3) is 0 Å². The van der Waals surface area contributed by atoms with Crippen molar-refractivity contribution in [1.29, 1.82) is 0 Å². The van der Waals surface area contributed by atoms with E-state index >= 15 is 0 Å². The molecule has 1 aromatic heterocycles. The predicted molar refractivity (Wildman–Crippen MR) is 45.4 cm³/mol. The van der Waals surface area contributed by atoms with Gasteiger partial charge >= 0.3 is 0 Å². The first-order valence-electron chi connectivity index (χ1n) is 3.30. The summed E-state index contributed by atoms with van der Waals surface area (Å²) in [6, 6.07) is 0. The number of H-pyrrole nitrogens is 1. The Morgan fingerprint density at radius 2 is 2.33 bits per heavy atom. The van der Waals surface area contributed by atoms with Crippen molar-refractivity contribution >= 4 is 11.6 Å². The summed E-state index contributed by atoms with van der Waals surface area (Å²) in [7, 11) is 3.03. The average Bonchev–Trinajstić information content (AvgIpc) is 2.09. The van der Waals surface area contributed by atoms with E-state index in [4.69, 9.17) is 10.5 Å². The summed E-state index contributed by atoms with van der Waals surface area (Å²) < 4.78 is 4.77. The van der Waals surface area contributed by atoms with Crippen molar-refractivity contribution in [2.24, 2.45) is 0 Å². The number of nitrogens with zero attached hydrogens (tertiary/aromatic N) is 1. The second kappa shape index (κ2) is 3.12. The van der Waals surface area contributed by atoms with E-state index in [1.165, 1.54) is 7.11 Å². The Hall–Kier alpha value is -1.72. The largest absolute Gasteiger partial charge is 0.479 e. The number of methoxy groups -OCH3 is 1. The van der Waals surface area contributed by atoms with Gasteiger partial charge in [0.05, 0.1) is 7.11 Å². The van der Waals surface area contributed by atoms with Crippen LogP contribution in [0.2, 0.25) is 0 Å². The number of nitrogen functional groups attached to an aromatic ring is 1. The summed E-state index contributed by atoms with van der Waals surface area (Å²) in [6.45, 7) is 0. The zero-order valence-corrected chi connectivity index (χ0v) is 6.84. The Bertz CT molecular complexity index is 333. The lowest BCUT2D eigenvalue weighted by molar-refractivity contribution is 0.399. The molecule has 12 heavy (non-hydrogen) atoms. The highest BCUT2D eigenvalue weighted by molar-refractivity contribution is 5.48. The molecular weight excluding hydrogens is 160 g/mol. The number of rotatable bonds is 2. The van der Waals surface area contributed by atoms with Gasteiger partial charge in [0.2, 0.25) is 11.8 Å². The van der Waals surface area contributed by atoms with E-state index in [1.807, 2.05) is 0 Å². The summed E-state index contributed by atoms with van der Waals surface area (Å²) in [6.07, 6.45) is 0. The van der Waals surface area contributed by atoms with Gasteiger partial charge in [-0.05, 0) is 0 Å². The van der Waals surface area contributed by atoms with Crippen molar-refractivity contribution in [3.05, 3.63) is 10.4 Å². The predicted octanol–water partition coefficient (Wildman–Crippen LogP) is -0.598. The molecule has 1 rings (SSSR count). The van der Waals surface area contributed by atoms with Gasteiger partial charge in [-0.1, -0.05) is 0 Å². The smallest absolute Gasteiger partial charge is 0.279 e. The molecule has 1 aromatic rings. The third kappa shape index (κ3) is 1.31. The SMILES string of the molecule is CNc1nc(OC)c(N)c(=O)[nH]1. The number of hydrogen-bond donors (Lipinski definition) is 3. The van der Waals surface area contributed by atoms with Gasteiger partial charge in [-0.25, -0.2) is 0 Å². The molecule has 0 atom stereocenters. The van der Waals surface area contributed by atoms with Gasteiger partial charge in [-0.15, -0.1) is 0 Å². The van der Waals surface area contributed by atoms with Crippen LogP contribution in [-0.2, 0) is 0 Å². The molecule has 0 aliphatic rings. The lowest BCUT2D eigenvalue weighted by Crippen LogP contribution is -2.16. The molecule has 4 N–H and O–H groups in total. The van der Waals surface area contributed by atoms with Crippen LogP contribution in [0, 0.1) is 0 Å². The highest BCUT2D eigenvalue weighted by Crippen LogP contribution is 2.12. The molecule has 0 aliphatic heterocycles. The van der Waals surface area contributed by atoms with Crippen molar-refractivity contribution in [3.63, 3.8) is 0 Å². The Morgan fingerprint density at radius 1 is 1.67 bits per heavy atom. The molecule has 1 heterocycles. The third-order valence-electron chi connectivity index (χ3n) is 1.35. The van der Waals surface area contributed by atoms with Gasteiger partial charge in [0.1, 0.15) is 0 Å². The summed E-state index contributed by atoms with van der Waals surface area (Å²) >= 11 is 0. The van der Waals surface area contributed by atoms with Gasteiger partial charge in [0, 0.05) is 7.05 Å². The zero-order valence-electron chi connectivity index (χ0n) is 6.84. The summed E-state index contributed by atoms with van der Waals surface area (Å²) in [5.41, 5.74) is 4.93. The maximum Gasteiger partial charge on any atom is 0.279 e. The molecule has 0 aromatic carbocycles. The van der Waals surface area contributed by atoms with Crippen molar-refractivity contribution in [1.82, 2.24) is 9.97 Å².